The lowest BCUT2D eigenvalue weighted by molar-refractivity contribution is 0.102. The zero-order valence-corrected chi connectivity index (χ0v) is 17.9. The number of anilines is 2. The first-order chi connectivity index (χ1) is 12.8. The van der Waals surface area contributed by atoms with Gasteiger partial charge in [-0.2, -0.15) is 0 Å². The van der Waals surface area contributed by atoms with Crippen LogP contribution in [0.15, 0.2) is 69.3 Å². The average Bonchev–Trinajstić information content (AvgIpc) is 3.14. The van der Waals surface area contributed by atoms with Gasteiger partial charge >= 0.3 is 0 Å². The van der Waals surface area contributed by atoms with Gasteiger partial charge in [0, 0.05) is 17.2 Å². The van der Waals surface area contributed by atoms with E-state index in [9.17, 15) is 13.2 Å². The molecule has 2 aromatic carbocycles. The van der Waals surface area contributed by atoms with E-state index in [0.29, 0.717) is 11.4 Å². The fourth-order valence-electron chi connectivity index (χ4n) is 2.50. The van der Waals surface area contributed by atoms with E-state index in [0.717, 1.165) is 21.4 Å². The third-order valence-electron chi connectivity index (χ3n) is 3.94. The SMILES string of the molecule is Cc1cccc(N(C)S(=O)(=O)c2ccsc2C(=O)Nc2ccc(Br)cc2)c1. The predicted octanol–water partition coefficient (Wildman–Crippen LogP) is 4.90. The van der Waals surface area contributed by atoms with Crippen molar-refractivity contribution < 1.29 is 13.2 Å². The Balaban J connectivity index is 1.91. The molecule has 0 fully saturated rings. The molecule has 0 aliphatic rings. The summed E-state index contributed by atoms with van der Waals surface area (Å²) in [6.45, 7) is 1.89. The fraction of sp³-hybridized carbons (Fsp3) is 0.105. The van der Waals surface area contributed by atoms with Crippen LogP contribution in [0.4, 0.5) is 11.4 Å². The third-order valence-corrected chi connectivity index (χ3v) is 7.34. The van der Waals surface area contributed by atoms with Crippen molar-refractivity contribution in [3.63, 3.8) is 0 Å². The van der Waals surface area contributed by atoms with Gasteiger partial charge in [0.1, 0.15) is 9.77 Å². The van der Waals surface area contributed by atoms with Crippen molar-refractivity contribution >= 4 is 54.6 Å². The van der Waals surface area contributed by atoms with Gasteiger partial charge in [0.05, 0.1) is 5.69 Å². The van der Waals surface area contributed by atoms with Gasteiger partial charge < -0.3 is 5.32 Å². The largest absolute Gasteiger partial charge is 0.321 e. The van der Waals surface area contributed by atoms with E-state index in [1.54, 1.807) is 47.8 Å². The number of nitrogens with zero attached hydrogens (tertiary/aromatic N) is 1. The monoisotopic (exact) mass is 464 g/mol. The van der Waals surface area contributed by atoms with Gasteiger partial charge in [0.15, 0.2) is 0 Å². The highest BCUT2D eigenvalue weighted by Gasteiger charge is 2.28. The van der Waals surface area contributed by atoms with Crippen LogP contribution in [0.25, 0.3) is 0 Å². The molecular weight excluding hydrogens is 448 g/mol. The Bertz CT molecular complexity index is 1080. The minimum Gasteiger partial charge on any atom is -0.321 e. The lowest BCUT2D eigenvalue weighted by atomic mass is 10.2. The first kappa shape index (κ1) is 19.6. The molecule has 5 nitrogen and oxygen atoms in total. The van der Waals surface area contributed by atoms with Crippen molar-refractivity contribution in [3.05, 3.63) is 74.9 Å². The molecule has 1 amide bonds. The summed E-state index contributed by atoms with van der Waals surface area (Å²) in [4.78, 5) is 12.8. The summed E-state index contributed by atoms with van der Waals surface area (Å²) in [6.07, 6.45) is 0. The van der Waals surface area contributed by atoms with Crippen LogP contribution in [0, 0.1) is 6.92 Å². The summed E-state index contributed by atoms with van der Waals surface area (Å²) in [5.74, 6) is -0.455. The Labute approximate surface area is 170 Å². The number of halogens is 1. The van der Waals surface area contributed by atoms with E-state index in [2.05, 4.69) is 21.2 Å². The smallest absolute Gasteiger partial charge is 0.267 e. The molecule has 27 heavy (non-hydrogen) atoms. The van der Waals surface area contributed by atoms with E-state index < -0.39 is 15.9 Å². The van der Waals surface area contributed by atoms with Gasteiger partial charge in [0.25, 0.3) is 15.9 Å². The molecule has 3 aromatic rings. The van der Waals surface area contributed by atoms with Crippen molar-refractivity contribution in [1.29, 1.82) is 0 Å². The van der Waals surface area contributed by atoms with Gasteiger partial charge in [-0.05, 0) is 60.3 Å². The molecular formula is C19H17BrN2O3S2. The summed E-state index contributed by atoms with van der Waals surface area (Å²) in [6, 6.07) is 15.7. The van der Waals surface area contributed by atoms with E-state index in [4.69, 9.17) is 0 Å². The Morgan fingerprint density at radius 2 is 1.81 bits per heavy atom. The van der Waals surface area contributed by atoms with Crippen molar-refractivity contribution in [1.82, 2.24) is 0 Å². The molecule has 8 heteroatoms. The lowest BCUT2D eigenvalue weighted by Crippen LogP contribution is -2.28. The number of sulfonamides is 1. The van der Waals surface area contributed by atoms with Crippen LogP contribution >= 0.6 is 27.3 Å². The van der Waals surface area contributed by atoms with Gasteiger partial charge in [-0.15, -0.1) is 11.3 Å². The van der Waals surface area contributed by atoms with E-state index in [1.807, 2.05) is 13.0 Å². The van der Waals surface area contributed by atoms with Gasteiger partial charge in [-0.1, -0.05) is 28.1 Å². The second-order valence-electron chi connectivity index (χ2n) is 5.89. The maximum atomic E-state index is 13.1. The number of amides is 1. The van der Waals surface area contributed by atoms with Crippen LogP contribution in [0.5, 0.6) is 0 Å². The Hall–Kier alpha value is -2.16. The number of nitrogens with one attached hydrogen (secondary N) is 1. The molecule has 0 saturated carbocycles. The molecule has 1 heterocycles. The number of carbonyl (C=O) groups is 1. The number of benzene rings is 2. The zero-order valence-electron chi connectivity index (χ0n) is 14.6. The van der Waals surface area contributed by atoms with Crippen molar-refractivity contribution in [2.75, 3.05) is 16.7 Å². The van der Waals surface area contributed by atoms with Crippen molar-refractivity contribution in [2.24, 2.45) is 0 Å². The number of carbonyl (C=O) groups excluding carboxylic acids is 1. The Morgan fingerprint density at radius 3 is 2.48 bits per heavy atom. The second-order valence-corrected chi connectivity index (χ2v) is 9.66. The zero-order chi connectivity index (χ0) is 19.6. The highest BCUT2D eigenvalue weighted by Crippen LogP contribution is 2.29. The maximum absolute atomic E-state index is 13.1. The summed E-state index contributed by atoms with van der Waals surface area (Å²) in [5.41, 5.74) is 2.08. The van der Waals surface area contributed by atoms with Gasteiger partial charge in [0.2, 0.25) is 0 Å². The molecule has 3 rings (SSSR count). The first-order valence-corrected chi connectivity index (χ1v) is 11.1. The van der Waals surface area contributed by atoms with Gasteiger partial charge in [-0.25, -0.2) is 8.42 Å². The molecule has 140 valence electrons. The van der Waals surface area contributed by atoms with E-state index in [1.165, 1.54) is 17.4 Å². The van der Waals surface area contributed by atoms with Crippen LogP contribution < -0.4 is 9.62 Å². The number of thiophene rings is 1. The molecule has 0 aliphatic heterocycles. The lowest BCUT2D eigenvalue weighted by Gasteiger charge is -2.20. The summed E-state index contributed by atoms with van der Waals surface area (Å²) < 4.78 is 28.2. The molecule has 0 bridgehead atoms. The predicted molar refractivity (Wildman–Crippen MR) is 113 cm³/mol. The van der Waals surface area contributed by atoms with Crippen LogP contribution in [-0.2, 0) is 10.0 Å². The third kappa shape index (κ3) is 4.23. The van der Waals surface area contributed by atoms with Crippen LogP contribution in [0.3, 0.4) is 0 Å². The molecule has 1 aromatic heterocycles. The van der Waals surface area contributed by atoms with Crippen molar-refractivity contribution in [2.45, 2.75) is 11.8 Å². The first-order valence-electron chi connectivity index (χ1n) is 7.99. The quantitative estimate of drug-likeness (QED) is 0.583. The van der Waals surface area contributed by atoms with Crippen LogP contribution in [0.2, 0.25) is 0 Å². The average molecular weight is 465 g/mol. The molecule has 0 aliphatic carbocycles. The van der Waals surface area contributed by atoms with E-state index >= 15 is 0 Å². The normalized spacial score (nSPS) is 11.2. The minimum atomic E-state index is -3.86. The Kier molecular flexibility index (Phi) is 5.69. The van der Waals surface area contributed by atoms with Crippen LogP contribution in [0.1, 0.15) is 15.2 Å². The summed E-state index contributed by atoms with van der Waals surface area (Å²) in [5, 5.41) is 4.34. The topological polar surface area (TPSA) is 66.5 Å². The number of rotatable bonds is 5. The standard InChI is InChI=1S/C19H17BrN2O3S2/c1-13-4-3-5-16(12-13)22(2)27(24,25)17-10-11-26-18(17)19(23)21-15-8-6-14(20)7-9-15/h3-12H,1-2H3,(H,21,23). The molecule has 0 spiro atoms. The highest BCUT2D eigenvalue weighted by molar-refractivity contribution is 9.10. The summed E-state index contributed by atoms with van der Waals surface area (Å²) >= 11 is 4.43. The molecule has 0 radical (unpaired) electrons. The molecule has 1 N–H and O–H groups in total. The second kappa shape index (κ2) is 7.84. The molecule has 0 unspecified atom stereocenters. The van der Waals surface area contributed by atoms with E-state index in [-0.39, 0.29) is 9.77 Å². The number of aryl methyl sites for hydroxylation is 1. The minimum absolute atomic E-state index is 0.00822. The number of hydrogen-bond donors (Lipinski definition) is 1. The molecule has 0 atom stereocenters. The van der Waals surface area contributed by atoms with Crippen molar-refractivity contribution in [3.8, 4) is 0 Å². The number of hydrogen-bond acceptors (Lipinski definition) is 4. The summed E-state index contributed by atoms with van der Waals surface area (Å²) in [7, 11) is -2.38. The molecule has 0 saturated heterocycles. The Morgan fingerprint density at radius 1 is 1.11 bits per heavy atom. The van der Waals surface area contributed by atoms with Crippen LogP contribution in [-0.4, -0.2) is 21.4 Å². The fourth-order valence-corrected chi connectivity index (χ4v) is 5.24. The highest BCUT2D eigenvalue weighted by atomic mass is 79.9. The van der Waals surface area contributed by atoms with Gasteiger partial charge in [-0.3, -0.25) is 9.10 Å². The maximum Gasteiger partial charge on any atom is 0.267 e.